The fraction of sp³-hybridized carbons (Fsp3) is 0.525. The molecule has 0 radical (unpaired) electrons. The van der Waals surface area contributed by atoms with Gasteiger partial charge in [0.1, 0.15) is 58.8 Å². The van der Waals surface area contributed by atoms with E-state index in [2.05, 4.69) is 71.9 Å². The highest BCUT2D eigenvalue weighted by atomic mass is 28.3. The topological polar surface area (TPSA) is 207 Å². The van der Waals surface area contributed by atoms with Crippen LogP contribution >= 0.6 is 0 Å². The Bertz CT molecular complexity index is 3680. The number of amides is 2. The Kier molecular flexibility index (Phi) is 18.6. The molecule has 85 heavy (non-hydrogen) atoms. The monoisotopic (exact) mass is 1210 g/mol. The number of alkyl halides is 4. The number of aromatic nitrogens is 10. The summed E-state index contributed by atoms with van der Waals surface area (Å²) < 4.78 is 80.9. The first kappa shape index (κ1) is 62.7. The summed E-state index contributed by atoms with van der Waals surface area (Å²) in [5.74, 6) is 0.350. The molecule has 3 N–H and O–H groups in total. The van der Waals surface area contributed by atoms with Crippen LogP contribution in [0.4, 0.5) is 17.6 Å². The lowest BCUT2D eigenvalue weighted by Gasteiger charge is -2.36. The van der Waals surface area contributed by atoms with E-state index in [1.54, 1.807) is 58.2 Å². The molecule has 458 valence electrons. The number of hydrogen-bond acceptors (Lipinski definition) is 14. The zero-order chi connectivity index (χ0) is 61.3. The Hall–Kier alpha value is -6.85. The third-order valence-corrected chi connectivity index (χ3v) is 17.7. The normalized spacial score (nSPS) is 14.8. The first-order valence-electron chi connectivity index (χ1n) is 28.8. The molecule has 6 aromatic heterocycles. The average molecular weight is 1210 g/mol. The van der Waals surface area contributed by atoms with Gasteiger partial charge in [0.15, 0.2) is 11.3 Å². The van der Waals surface area contributed by atoms with Crippen molar-refractivity contribution in [1.29, 1.82) is 0 Å². The fourth-order valence-electron chi connectivity index (χ4n) is 10.00. The SMILES string of the molecule is CC(C)(C)NC(=O)c1cn(COCC[Si](C)(C)C)c2ncc(-c3nn(CC4CNC4)c4ccc(OC(F)F)cc34)nc12.CN1CC(Cn2nc(-c3cnc4c(n3)c(C(=O)NC(C)(C)C)cn4COCC[Si](C)(C)C)c3cc(OC(F)F)ccc32)C1. The number of carbonyl (C=O) groups is 2. The van der Waals surface area contributed by atoms with Crippen LogP contribution in [0, 0.1) is 11.8 Å². The number of hydrogen-bond donors (Lipinski definition) is 3. The Morgan fingerprint density at radius 2 is 1.06 bits per heavy atom. The van der Waals surface area contributed by atoms with Crippen LogP contribution in [-0.4, -0.2) is 152 Å². The van der Waals surface area contributed by atoms with Crippen LogP contribution in [0.3, 0.4) is 0 Å². The average Bonchev–Trinajstić information content (AvgIpc) is 1.75. The van der Waals surface area contributed by atoms with Gasteiger partial charge in [0.05, 0.1) is 34.6 Å². The molecule has 10 rings (SSSR count). The molecule has 0 aliphatic carbocycles. The molecule has 2 aliphatic rings. The van der Waals surface area contributed by atoms with Gasteiger partial charge in [-0.25, -0.2) is 19.9 Å². The van der Waals surface area contributed by atoms with Gasteiger partial charge in [-0.15, -0.1) is 0 Å². The number of nitrogens with one attached hydrogen (secondary N) is 3. The fourth-order valence-corrected chi connectivity index (χ4v) is 11.5. The number of benzene rings is 2. The second-order valence-electron chi connectivity index (χ2n) is 26.8. The van der Waals surface area contributed by atoms with Crippen LogP contribution in [-0.2, 0) is 36.0 Å². The second-order valence-corrected chi connectivity index (χ2v) is 38.0. The van der Waals surface area contributed by atoms with Gasteiger partial charge in [0.25, 0.3) is 11.8 Å². The molecule has 2 saturated heterocycles. The lowest BCUT2D eigenvalue weighted by molar-refractivity contribution is -0.0504. The number of ether oxygens (including phenoxy) is 4. The molecule has 2 aliphatic heterocycles. The Labute approximate surface area is 494 Å². The summed E-state index contributed by atoms with van der Waals surface area (Å²) in [6.45, 7) is 26.1. The number of fused-ring (bicyclic) bond motifs is 4. The maximum Gasteiger partial charge on any atom is 0.387 e. The van der Waals surface area contributed by atoms with Crippen LogP contribution < -0.4 is 25.4 Å². The molecule has 8 aromatic rings. The van der Waals surface area contributed by atoms with Crippen molar-refractivity contribution in [2.45, 2.75) is 144 Å². The van der Waals surface area contributed by atoms with Gasteiger partial charge < -0.3 is 48.9 Å². The zero-order valence-electron chi connectivity index (χ0n) is 50.9. The molecule has 2 fully saturated rings. The summed E-state index contributed by atoms with van der Waals surface area (Å²) in [6.07, 6.45) is 6.65. The van der Waals surface area contributed by atoms with Gasteiger partial charge >= 0.3 is 13.2 Å². The van der Waals surface area contributed by atoms with Crippen LogP contribution in [0.2, 0.25) is 51.4 Å². The molecule has 20 nitrogen and oxygen atoms in total. The number of nitrogens with zero attached hydrogens (tertiary/aromatic N) is 11. The predicted molar refractivity (Wildman–Crippen MR) is 326 cm³/mol. The summed E-state index contributed by atoms with van der Waals surface area (Å²) in [7, 11) is -0.466. The van der Waals surface area contributed by atoms with Gasteiger partial charge in [-0.3, -0.25) is 19.0 Å². The van der Waals surface area contributed by atoms with Crippen molar-refractivity contribution < 1.29 is 46.1 Å². The molecule has 0 bridgehead atoms. The van der Waals surface area contributed by atoms with Crippen LogP contribution in [0.25, 0.3) is 66.9 Å². The molecule has 8 heterocycles. The van der Waals surface area contributed by atoms with Crippen molar-refractivity contribution in [3.63, 3.8) is 0 Å². The van der Waals surface area contributed by atoms with Crippen molar-refractivity contribution >= 4 is 72.1 Å². The number of likely N-dealkylation sites (tertiary alicyclic amines) is 1. The van der Waals surface area contributed by atoms with Gasteiger partial charge in [0, 0.05) is 115 Å². The molecule has 0 atom stereocenters. The Balaban J connectivity index is 0.000000204. The van der Waals surface area contributed by atoms with E-state index >= 15 is 0 Å². The van der Waals surface area contributed by atoms with Crippen molar-refractivity contribution in [3.8, 4) is 34.3 Å². The summed E-state index contributed by atoms with van der Waals surface area (Å²) in [6, 6.07) is 11.7. The molecular weight excluding hydrogens is 1130 g/mol. The van der Waals surface area contributed by atoms with E-state index in [1.165, 1.54) is 12.1 Å². The minimum absolute atomic E-state index is 0.0320. The number of halogens is 4. The van der Waals surface area contributed by atoms with Crippen LogP contribution in [0.15, 0.2) is 61.2 Å². The van der Waals surface area contributed by atoms with Crippen LogP contribution in [0.1, 0.15) is 62.3 Å². The molecule has 2 aromatic carbocycles. The molecule has 2 amide bonds. The third kappa shape index (κ3) is 16.0. The maximum absolute atomic E-state index is 13.4. The zero-order valence-corrected chi connectivity index (χ0v) is 52.9. The highest BCUT2D eigenvalue weighted by Gasteiger charge is 2.29. The quantitative estimate of drug-likeness (QED) is 0.0328. The summed E-state index contributed by atoms with van der Waals surface area (Å²) in [5, 5.41) is 20.3. The van der Waals surface area contributed by atoms with Gasteiger partial charge in [-0.1, -0.05) is 39.3 Å². The third-order valence-electron chi connectivity index (χ3n) is 14.3. The van der Waals surface area contributed by atoms with Gasteiger partial charge in [0.2, 0.25) is 0 Å². The lowest BCUT2D eigenvalue weighted by Crippen LogP contribution is -2.45. The van der Waals surface area contributed by atoms with Crippen molar-refractivity contribution in [3.05, 3.63) is 72.3 Å². The first-order valence-corrected chi connectivity index (χ1v) is 36.2. The Morgan fingerprint density at radius 3 is 1.41 bits per heavy atom. The highest BCUT2D eigenvalue weighted by Crippen LogP contribution is 2.35. The van der Waals surface area contributed by atoms with E-state index in [-0.39, 0.29) is 36.8 Å². The van der Waals surface area contributed by atoms with Crippen molar-refractivity contribution in [2.24, 2.45) is 11.8 Å². The van der Waals surface area contributed by atoms with E-state index in [0.29, 0.717) is 105 Å². The van der Waals surface area contributed by atoms with Gasteiger partial charge in [-0.2, -0.15) is 27.8 Å². The minimum atomic E-state index is -2.95. The van der Waals surface area contributed by atoms with E-state index in [4.69, 9.17) is 44.3 Å². The molecule has 0 unspecified atom stereocenters. The van der Waals surface area contributed by atoms with Gasteiger partial charge in [-0.05, 0) is 97.1 Å². The minimum Gasteiger partial charge on any atom is -0.435 e. The molecular formula is C59H80F4N14O6Si2. The summed E-state index contributed by atoms with van der Waals surface area (Å²) in [5.41, 5.74) is 5.04. The van der Waals surface area contributed by atoms with Crippen molar-refractivity contribution in [2.75, 3.05) is 46.4 Å². The Morgan fingerprint density at radius 1 is 0.647 bits per heavy atom. The number of rotatable bonds is 22. The second kappa shape index (κ2) is 25.2. The predicted octanol–water partition coefficient (Wildman–Crippen LogP) is 10.6. The number of carbonyl (C=O) groups excluding carboxylic acids is 2. The largest absolute Gasteiger partial charge is 0.435 e. The van der Waals surface area contributed by atoms with Crippen LogP contribution in [0.5, 0.6) is 11.5 Å². The van der Waals surface area contributed by atoms with Crippen molar-refractivity contribution in [1.82, 2.24) is 69.5 Å². The smallest absolute Gasteiger partial charge is 0.387 e. The molecule has 0 saturated carbocycles. The van der Waals surface area contributed by atoms with E-state index in [0.717, 1.165) is 49.3 Å². The first-order chi connectivity index (χ1) is 39.9. The standard InChI is InChI=1S/C30H41F2N7O3Si.C29H39F2N7O3Si/c1-30(2,3)35-28(40)22-17-38(18-41-10-11-43(5,6)7)27-26(22)34-23(13-33-27)25-21-12-20(42-29(31)32)8-9-24(21)39(36-25)16-19-14-37(4)15-19;1-29(2,3)35-27(39)21-16-37(17-40-9-10-42(4,5)6)26-25(21)34-22(14-33-26)24-20-11-19(41-28(30)31)7-8-23(20)38(36-24)15-18-12-32-13-18/h8-9,12-13,17,19,29H,10-11,14-16,18H2,1-7H3,(H,35,40);7-8,11,14,16,18,28,32H,9-10,12-13,15,17H2,1-6H3,(H,35,39). The van der Waals surface area contributed by atoms with E-state index < -0.39 is 40.4 Å². The summed E-state index contributed by atoms with van der Waals surface area (Å²) >= 11 is 0. The maximum atomic E-state index is 13.4. The van der Waals surface area contributed by atoms with E-state index in [1.807, 2.05) is 50.9 Å². The lowest BCUT2D eigenvalue weighted by atomic mass is 10.0. The molecule has 26 heteroatoms. The van der Waals surface area contributed by atoms with E-state index in [9.17, 15) is 27.2 Å². The summed E-state index contributed by atoms with van der Waals surface area (Å²) in [4.78, 5) is 48.2. The highest BCUT2D eigenvalue weighted by molar-refractivity contribution is 6.76. The molecule has 0 spiro atoms.